The van der Waals surface area contributed by atoms with E-state index in [4.69, 9.17) is 10.2 Å². The van der Waals surface area contributed by atoms with Gasteiger partial charge < -0.3 is 15.5 Å². The maximum absolute atomic E-state index is 12.1. The molecule has 1 aromatic rings. The molecule has 1 aliphatic carbocycles. The van der Waals surface area contributed by atoms with Gasteiger partial charge in [-0.1, -0.05) is 0 Å². The Morgan fingerprint density at radius 2 is 1.95 bits per heavy atom. The van der Waals surface area contributed by atoms with Crippen LogP contribution in [0.3, 0.4) is 0 Å². The maximum atomic E-state index is 12.1. The zero-order valence-electron chi connectivity index (χ0n) is 11.4. The van der Waals surface area contributed by atoms with Gasteiger partial charge in [0, 0.05) is 11.3 Å². The minimum absolute atomic E-state index is 0.124. The fraction of sp³-hybridized carbons (Fsp3) is 0.500. The van der Waals surface area contributed by atoms with Gasteiger partial charge >= 0.3 is 11.9 Å². The molecule has 1 aromatic heterocycles. The summed E-state index contributed by atoms with van der Waals surface area (Å²) in [5, 5.41) is 20.0. The highest BCUT2D eigenvalue weighted by molar-refractivity contribution is 7.14. The Kier molecular flexibility index (Phi) is 4.95. The Balaban J connectivity index is 2.02. The summed E-state index contributed by atoms with van der Waals surface area (Å²) in [6, 6.07) is 0.651. The van der Waals surface area contributed by atoms with Crippen LogP contribution in [0.25, 0.3) is 0 Å². The molecule has 21 heavy (non-hydrogen) atoms. The minimum atomic E-state index is -1.22. The number of amides is 1. The van der Waals surface area contributed by atoms with Gasteiger partial charge in [-0.15, -0.1) is 11.3 Å². The van der Waals surface area contributed by atoms with Crippen LogP contribution in [0.1, 0.15) is 45.8 Å². The second-order valence-electron chi connectivity index (χ2n) is 5.06. The molecule has 114 valence electrons. The summed E-state index contributed by atoms with van der Waals surface area (Å²) >= 11 is 1.40. The van der Waals surface area contributed by atoms with Gasteiger partial charge in [0.05, 0.1) is 4.88 Å². The van der Waals surface area contributed by atoms with E-state index in [-0.39, 0.29) is 12.8 Å². The zero-order chi connectivity index (χ0) is 15.4. The first kappa shape index (κ1) is 15.5. The number of thiophene rings is 1. The lowest BCUT2D eigenvalue weighted by atomic mass is 9.99. The number of hydrogen-bond acceptors (Lipinski definition) is 4. The number of fused-ring (bicyclic) bond motifs is 1. The van der Waals surface area contributed by atoms with E-state index in [1.54, 1.807) is 0 Å². The quantitative estimate of drug-likeness (QED) is 0.741. The van der Waals surface area contributed by atoms with Crippen molar-refractivity contribution in [3.8, 4) is 0 Å². The Labute approximate surface area is 125 Å². The molecule has 3 N–H and O–H groups in total. The van der Waals surface area contributed by atoms with Gasteiger partial charge in [-0.05, 0) is 43.7 Å². The topological polar surface area (TPSA) is 104 Å². The van der Waals surface area contributed by atoms with Crippen LogP contribution in [0.15, 0.2) is 6.07 Å². The van der Waals surface area contributed by atoms with Crippen LogP contribution in [-0.4, -0.2) is 34.1 Å². The largest absolute Gasteiger partial charge is 0.481 e. The number of aliphatic carboxylic acids is 2. The van der Waals surface area contributed by atoms with Crippen LogP contribution >= 0.6 is 11.3 Å². The molecule has 0 bridgehead atoms. The maximum Gasteiger partial charge on any atom is 0.326 e. The molecule has 0 radical (unpaired) electrons. The molecule has 0 saturated heterocycles. The van der Waals surface area contributed by atoms with E-state index in [2.05, 4.69) is 5.32 Å². The van der Waals surface area contributed by atoms with Crippen LogP contribution < -0.4 is 5.32 Å². The second-order valence-corrected chi connectivity index (χ2v) is 6.20. The van der Waals surface area contributed by atoms with Crippen molar-refractivity contribution in [3.63, 3.8) is 0 Å². The molecule has 6 nitrogen and oxygen atoms in total. The minimum Gasteiger partial charge on any atom is -0.481 e. The standard InChI is InChI=1S/C14H17NO5S/c16-12(17)6-5-9(14(19)20)15-13(18)11-7-8-3-1-2-4-10(8)21-11/h7,9H,1-6H2,(H,15,18)(H,16,17)(H,19,20)/t9-/m0/s1. The monoisotopic (exact) mass is 311 g/mol. The predicted molar refractivity (Wildman–Crippen MR) is 76.7 cm³/mol. The van der Waals surface area contributed by atoms with E-state index in [1.165, 1.54) is 21.8 Å². The number of carboxylic acid groups (broad SMARTS) is 2. The summed E-state index contributed by atoms with van der Waals surface area (Å²) in [6.45, 7) is 0. The van der Waals surface area contributed by atoms with Gasteiger partial charge in [0.15, 0.2) is 0 Å². The summed E-state index contributed by atoms with van der Waals surface area (Å²) < 4.78 is 0. The Morgan fingerprint density at radius 1 is 1.24 bits per heavy atom. The summed E-state index contributed by atoms with van der Waals surface area (Å²) in [5.41, 5.74) is 1.17. The number of rotatable bonds is 6. The van der Waals surface area contributed by atoms with Crippen molar-refractivity contribution in [1.82, 2.24) is 5.32 Å². The van der Waals surface area contributed by atoms with Crippen LogP contribution in [0.2, 0.25) is 0 Å². The Bertz CT molecular complexity index is 542. The van der Waals surface area contributed by atoms with Crippen molar-refractivity contribution in [3.05, 3.63) is 21.4 Å². The van der Waals surface area contributed by atoms with Crippen LogP contribution in [0, 0.1) is 0 Å². The van der Waals surface area contributed by atoms with Gasteiger partial charge in [-0.3, -0.25) is 9.59 Å². The SMILES string of the molecule is O=C(O)CC[C@H](NC(=O)c1cc2c(s1)CCCC2)C(=O)O. The van der Waals surface area contributed by atoms with Crippen molar-refractivity contribution >= 4 is 29.2 Å². The molecular weight excluding hydrogens is 294 g/mol. The number of nitrogens with one attached hydrogen (secondary N) is 1. The van der Waals surface area contributed by atoms with Crippen molar-refractivity contribution < 1.29 is 24.6 Å². The van der Waals surface area contributed by atoms with E-state index in [9.17, 15) is 14.4 Å². The highest BCUT2D eigenvalue weighted by Gasteiger charge is 2.23. The molecule has 1 aliphatic rings. The molecule has 2 rings (SSSR count). The fourth-order valence-corrected chi connectivity index (χ4v) is 3.51. The first-order valence-corrected chi connectivity index (χ1v) is 7.66. The van der Waals surface area contributed by atoms with Gasteiger partial charge in [0.1, 0.15) is 6.04 Å². The number of hydrogen-bond donors (Lipinski definition) is 3. The highest BCUT2D eigenvalue weighted by Crippen LogP contribution is 2.29. The summed E-state index contributed by atoms with van der Waals surface area (Å²) in [5.74, 6) is -2.74. The Morgan fingerprint density at radius 3 is 2.57 bits per heavy atom. The number of carbonyl (C=O) groups is 3. The fourth-order valence-electron chi connectivity index (χ4n) is 2.36. The molecule has 0 aliphatic heterocycles. The van der Waals surface area contributed by atoms with Crippen LogP contribution in [0.4, 0.5) is 0 Å². The highest BCUT2D eigenvalue weighted by atomic mass is 32.1. The first-order chi connectivity index (χ1) is 9.97. The molecular formula is C14H17NO5S. The van der Waals surface area contributed by atoms with Crippen molar-refractivity contribution in [2.45, 2.75) is 44.6 Å². The molecule has 1 amide bonds. The molecule has 7 heteroatoms. The lowest BCUT2D eigenvalue weighted by molar-refractivity contribution is -0.140. The molecule has 1 heterocycles. The smallest absolute Gasteiger partial charge is 0.326 e. The molecule has 0 spiro atoms. The zero-order valence-corrected chi connectivity index (χ0v) is 12.2. The third-order valence-electron chi connectivity index (χ3n) is 3.47. The molecule has 0 saturated carbocycles. The normalized spacial score (nSPS) is 15.0. The average molecular weight is 311 g/mol. The lowest BCUT2D eigenvalue weighted by Gasteiger charge is -2.12. The van der Waals surface area contributed by atoms with Crippen LogP contribution in [-0.2, 0) is 22.4 Å². The summed E-state index contributed by atoms with van der Waals surface area (Å²) in [7, 11) is 0. The van der Waals surface area contributed by atoms with E-state index in [1.807, 2.05) is 6.07 Å². The van der Waals surface area contributed by atoms with Gasteiger partial charge in [0.2, 0.25) is 0 Å². The van der Waals surface area contributed by atoms with E-state index in [0.29, 0.717) is 4.88 Å². The molecule has 0 unspecified atom stereocenters. The summed E-state index contributed by atoms with van der Waals surface area (Å²) in [6.07, 6.45) is 3.74. The average Bonchev–Trinajstić information content (AvgIpc) is 2.86. The van der Waals surface area contributed by atoms with Crippen molar-refractivity contribution in [2.24, 2.45) is 0 Å². The van der Waals surface area contributed by atoms with Crippen molar-refractivity contribution in [1.29, 1.82) is 0 Å². The molecule has 0 aromatic carbocycles. The van der Waals surface area contributed by atoms with Crippen LogP contribution in [0.5, 0.6) is 0 Å². The van der Waals surface area contributed by atoms with E-state index in [0.717, 1.165) is 25.7 Å². The van der Waals surface area contributed by atoms with E-state index < -0.39 is 23.9 Å². The lowest BCUT2D eigenvalue weighted by Crippen LogP contribution is -2.40. The molecule has 1 atom stereocenters. The first-order valence-electron chi connectivity index (χ1n) is 6.84. The van der Waals surface area contributed by atoms with Gasteiger partial charge in [-0.25, -0.2) is 4.79 Å². The number of carbonyl (C=O) groups excluding carboxylic acids is 1. The number of aryl methyl sites for hydroxylation is 2. The van der Waals surface area contributed by atoms with Gasteiger partial charge in [-0.2, -0.15) is 0 Å². The number of carboxylic acids is 2. The third kappa shape index (κ3) is 4.04. The van der Waals surface area contributed by atoms with Crippen molar-refractivity contribution in [2.75, 3.05) is 0 Å². The third-order valence-corrected chi connectivity index (χ3v) is 4.71. The molecule has 0 fully saturated rings. The van der Waals surface area contributed by atoms with E-state index >= 15 is 0 Å². The predicted octanol–water partition coefficient (Wildman–Crippen LogP) is 1.67. The Hall–Kier alpha value is -1.89. The second kappa shape index (κ2) is 6.71. The van der Waals surface area contributed by atoms with Gasteiger partial charge in [0.25, 0.3) is 5.91 Å². The summed E-state index contributed by atoms with van der Waals surface area (Å²) in [4.78, 5) is 35.4.